The smallest absolute Gasteiger partial charge is 0.165 e. The van der Waals surface area contributed by atoms with Gasteiger partial charge in [-0.25, -0.2) is 18.7 Å². The number of nitrogens with one attached hydrogen (secondary N) is 2. The van der Waals surface area contributed by atoms with E-state index in [0.29, 0.717) is 23.9 Å². The predicted molar refractivity (Wildman–Crippen MR) is 110 cm³/mol. The third kappa shape index (κ3) is 3.43. The lowest BCUT2D eigenvalue weighted by atomic mass is 10.1. The van der Waals surface area contributed by atoms with Gasteiger partial charge >= 0.3 is 0 Å². The van der Waals surface area contributed by atoms with Crippen LogP contribution in [-0.4, -0.2) is 23.1 Å². The van der Waals surface area contributed by atoms with E-state index in [1.165, 1.54) is 6.33 Å². The largest absolute Gasteiger partial charge is 0.489 e. The van der Waals surface area contributed by atoms with Crippen LogP contribution in [0, 0.1) is 11.6 Å². The first-order valence-electron chi connectivity index (χ1n) is 9.32. The number of hydrogen-bond donors (Lipinski definition) is 2. The quantitative estimate of drug-likeness (QED) is 0.483. The van der Waals surface area contributed by atoms with E-state index in [1.807, 2.05) is 12.1 Å². The second-order valence-electron chi connectivity index (χ2n) is 6.66. The third-order valence-corrected chi connectivity index (χ3v) is 4.66. The van der Waals surface area contributed by atoms with Crippen molar-refractivity contribution in [2.75, 3.05) is 23.8 Å². The molecule has 1 aromatic heterocycles. The van der Waals surface area contributed by atoms with E-state index in [9.17, 15) is 8.78 Å². The monoisotopic (exact) mass is 406 g/mol. The van der Waals surface area contributed by atoms with E-state index in [0.717, 1.165) is 47.0 Å². The lowest BCUT2D eigenvalue weighted by Crippen LogP contribution is -2.18. The molecule has 0 radical (unpaired) electrons. The molecular weight excluding hydrogens is 390 g/mol. The molecule has 3 aromatic carbocycles. The van der Waals surface area contributed by atoms with Gasteiger partial charge in [-0.3, -0.25) is 0 Å². The number of rotatable bonds is 4. The second-order valence-corrected chi connectivity index (χ2v) is 6.66. The van der Waals surface area contributed by atoms with Gasteiger partial charge in [0.2, 0.25) is 0 Å². The second kappa shape index (κ2) is 7.47. The fourth-order valence-corrected chi connectivity index (χ4v) is 3.27. The van der Waals surface area contributed by atoms with Crippen LogP contribution in [0.1, 0.15) is 0 Å². The van der Waals surface area contributed by atoms with Gasteiger partial charge in [0.25, 0.3) is 0 Å². The Bertz CT molecular complexity index is 1230. The van der Waals surface area contributed by atoms with Crippen LogP contribution in [0.4, 0.5) is 26.0 Å². The molecule has 8 heteroatoms. The number of benzene rings is 3. The summed E-state index contributed by atoms with van der Waals surface area (Å²) in [5, 5.41) is 7.34. The average Bonchev–Trinajstić information content (AvgIpc) is 2.77. The van der Waals surface area contributed by atoms with Gasteiger partial charge in [-0.15, -0.1) is 0 Å². The Balaban J connectivity index is 1.42. The molecule has 6 nitrogen and oxygen atoms in total. The highest BCUT2D eigenvalue weighted by atomic mass is 19.1. The van der Waals surface area contributed by atoms with Crippen LogP contribution in [-0.2, 0) is 0 Å². The van der Waals surface area contributed by atoms with E-state index < -0.39 is 11.6 Å². The molecule has 1 aliphatic rings. The van der Waals surface area contributed by atoms with Crippen molar-refractivity contribution in [2.45, 2.75) is 0 Å². The van der Waals surface area contributed by atoms with Crippen molar-refractivity contribution in [3.8, 4) is 17.2 Å². The third-order valence-electron chi connectivity index (χ3n) is 4.66. The summed E-state index contributed by atoms with van der Waals surface area (Å²) < 4.78 is 38.4. The van der Waals surface area contributed by atoms with Crippen molar-refractivity contribution in [2.24, 2.45) is 0 Å². The molecule has 0 atom stereocenters. The van der Waals surface area contributed by atoms with Crippen LogP contribution in [0.15, 0.2) is 60.9 Å². The lowest BCUT2D eigenvalue weighted by Gasteiger charge is -2.21. The van der Waals surface area contributed by atoms with Crippen molar-refractivity contribution in [1.29, 1.82) is 0 Å². The van der Waals surface area contributed by atoms with Crippen LogP contribution in [0.5, 0.6) is 17.2 Å². The van der Waals surface area contributed by atoms with Gasteiger partial charge in [-0.1, -0.05) is 0 Å². The molecule has 0 spiro atoms. The van der Waals surface area contributed by atoms with Gasteiger partial charge in [0.1, 0.15) is 30.3 Å². The van der Waals surface area contributed by atoms with Crippen LogP contribution in [0.2, 0.25) is 0 Å². The van der Waals surface area contributed by atoms with E-state index in [4.69, 9.17) is 9.47 Å². The van der Waals surface area contributed by atoms with Crippen molar-refractivity contribution in [3.05, 3.63) is 72.6 Å². The molecule has 4 aromatic rings. The summed E-state index contributed by atoms with van der Waals surface area (Å²) >= 11 is 0. The molecular formula is C22H16F2N4O2. The van der Waals surface area contributed by atoms with Gasteiger partial charge in [-0.2, -0.15) is 0 Å². The highest BCUT2D eigenvalue weighted by Gasteiger charge is 2.17. The molecule has 0 fully saturated rings. The molecule has 0 saturated carbocycles. The topological polar surface area (TPSA) is 68.3 Å². The first-order chi connectivity index (χ1) is 14.7. The molecule has 0 unspecified atom stereocenters. The zero-order valence-electron chi connectivity index (χ0n) is 15.7. The summed E-state index contributed by atoms with van der Waals surface area (Å²) in [4.78, 5) is 8.69. The molecule has 30 heavy (non-hydrogen) atoms. The molecule has 0 amide bonds. The summed E-state index contributed by atoms with van der Waals surface area (Å²) in [5.74, 6) is 0.315. The molecule has 0 bridgehead atoms. The lowest BCUT2D eigenvalue weighted by molar-refractivity contribution is 0.327. The van der Waals surface area contributed by atoms with Gasteiger partial charge in [-0.05, 0) is 48.5 Å². The highest BCUT2D eigenvalue weighted by Crippen LogP contribution is 2.39. The Morgan fingerprint density at radius 2 is 1.87 bits per heavy atom. The number of nitrogens with zero attached hydrogens (tertiary/aromatic N) is 2. The van der Waals surface area contributed by atoms with Gasteiger partial charge in [0.15, 0.2) is 17.3 Å². The fraction of sp³-hybridized carbons (Fsp3) is 0.0909. The Labute approximate surface area is 170 Å². The summed E-state index contributed by atoms with van der Waals surface area (Å²) in [5.41, 5.74) is 2.40. The van der Waals surface area contributed by atoms with Crippen LogP contribution < -0.4 is 20.1 Å². The Hall–Kier alpha value is -3.94. The minimum absolute atomic E-state index is 0.172. The van der Waals surface area contributed by atoms with E-state index >= 15 is 0 Å². The Morgan fingerprint density at radius 1 is 1.00 bits per heavy atom. The summed E-state index contributed by atoms with van der Waals surface area (Å²) in [6.07, 6.45) is 1.48. The molecule has 0 aliphatic carbocycles. The fourth-order valence-electron chi connectivity index (χ4n) is 3.27. The Morgan fingerprint density at radius 3 is 2.73 bits per heavy atom. The molecule has 1 aliphatic heterocycles. The summed E-state index contributed by atoms with van der Waals surface area (Å²) in [6.45, 7) is 1.30. The van der Waals surface area contributed by atoms with E-state index in [1.54, 1.807) is 24.3 Å². The van der Waals surface area contributed by atoms with Crippen LogP contribution in [0.3, 0.4) is 0 Å². The molecule has 5 rings (SSSR count). The number of anilines is 3. The maximum Gasteiger partial charge on any atom is 0.165 e. The molecule has 150 valence electrons. The maximum atomic E-state index is 13.8. The molecule has 2 heterocycles. The standard InChI is InChI=1S/C22H16F2N4O2/c23-13-1-6-16(24)19(11-13)30-15-4-2-14(3-5-15)28-22-20-17(26-12-27-22)7-8-18-21(20)29-10-9-25-18/h1-8,11-12,25H,9-10H2,(H,26,27,28). The predicted octanol–water partition coefficient (Wildman–Crippen LogP) is 5.25. The van der Waals surface area contributed by atoms with Crippen molar-refractivity contribution in [3.63, 3.8) is 0 Å². The minimum atomic E-state index is -0.635. The van der Waals surface area contributed by atoms with Crippen molar-refractivity contribution in [1.82, 2.24) is 9.97 Å². The first kappa shape index (κ1) is 18.1. The maximum absolute atomic E-state index is 13.8. The van der Waals surface area contributed by atoms with Crippen LogP contribution in [0.25, 0.3) is 10.9 Å². The van der Waals surface area contributed by atoms with Gasteiger partial charge in [0.05, 0.1) is 16.6 Å². The normalized spacial score (nSPS) is 12.6. The van der Waals surface area contributed by atoms with Crippen molar-refractivity contribution < 1.29 is 18.3 Å². The van der Waals surface area contributed by atoms with Crippen LogP contribution >= 0.6 is 0 Å². The first-order valence-corrected chi connectivity index (χ1v) is 9.32. The number of aromatic nitrogens is 2. The Kier molecular flexibility index (Phi) is 4.51. The molecule has 0 saturated heterocycles. The zero-order valence-corrected chi connectivity index (χ0v) is 15.7. The highest BCUT2D eigenvalue weighted by molar-refractivity contribution is 5.99. The number of hydrogen-bond acceptors (Lipinski definition) is 6. The number of halogens is 2. The van der Waals surface area contributed by atoms with Crippen molar-refractivity contribution >= 4 is 28.1 Å². The number of ether oxygens (including phenoxy) is 2. The summed E-state index contributed by atoms with van der Waals surface area (Å²) in [6, 6.07) is 13.7. The molecule has 2 N–H and O–H groups in total. The average molecular weight is 406 g/mol. The summed E-state index contributed by atoms with van der Waals surface area (Å²) in [7, 11) is 0. The van der Waals surface area contributed by atoms with E-state index in [-0.39, 0.29) is 5.75 Å². The zero-order chi connectivity index (χ0) is 20.5. The minimum Gasteiger partial charge on any atom is -0.489 e. The van der Waals surface area contributed by atoms with Gasteiger partial charge < -0.3 is 20.1 Å². The SMILES string of the molecule is Fc1ccc(F)c(Oc2ccc(Nc3ncnc4ccc5c(c34)OCCN5)cc2)c1. The van der Waals surface area contributed by atoms with E-state index in [2.05, 4.69) is 20.6 Å². The number of fused-ring (bicyclic) bond motifs is 3. The van der Waals surface area contributed by atoms with Gasteiger partial charge in [0, 0.05) is 18.3 Å².